The van der Waals surface area contributed by atoms with E-state index in [1.807, 2.05) is 18.2 Å². The molecule has 0 radical (unpaired) electrons. The van der Waals surface area contributed by atoms with Gasteiger partial charge >= 0.3 is 6.03 Å². The zero-order valence-corrected chi connectivity index (χ0v) is 15.5. The first kappa shape index (κ1) is 18.1. The van der Waals surface area contributed by atoms with E-state index in [-0.39, 0.29) is 6.03 Å². The number of nitrogens with one attached hydrogen (secondary N) is 2. The van der Waals surface area contributed by atoms with Crippen LogP contribution in [0.5, 0.6) is 5.75 Å². The molecule has 0 bridgehead atoms. The van der Waals surface area contributed by atoms with E-state index in [1.54, 1.807) is 13.2 Å². The lowest BCUT2D eigenvalue weighted by Gasteiger charge is -2.32. The number of hydrogen-bond donors (Lipinski definition) is 2. The molecule has 2 aromatic rings. The second-order valence-corrected chi connectivity index (χ2v) is 6.90. The summed E-state index contributed by atoms with van der Waals surface area (Å²) in [5.74, 6) is 1.47. The normalized spacial score (nSPS) is 16.8. The first-order valence-corrected chi connectivity index (χ1v) is 9.17. The monoisotopic (exact) mass is 353 g/mol. The summed E-state index contributed by atoms with van der Waals surface area (Å²) in [5, 5.41) is 5.70. The number of rotatable bonds is 5. The lowest BCUT2D eigenvalue weighted by Crippen LogP contribution is -2.34. The highest BCUT2D eigenvalue weighted by Crippen LogP contribution is 2.23. The van der Waals surface area contributed by atoms with Crippen LogP contribution < -0.4 is 20.3 Å². The smallest absolute Gasteiger partial charge is 0.319 e. The van der Waals surface area contributed by atoms with Crippen LogP contribution in [0.25, 0.3) is 0 Å². The van der Waals surface area contributed by atoms with Crippen LogP contribution in [0.3, 0.4) is 0 Å². The van der Waals surface area contributed by atoms with Gasteiger partial charge in [0.05, 0.1) is 7.11 Å². The van der Waals surface area contributed by atoms with Crippen LogP contribution in [-0.2, 0) is 6.54 Å². The fourth-order valence-corrected chi connectivity index (χ4v) is 3.31. The Bertz CT molecular complexity index is 730. The van der Waals surface area contributed by atoms with Crippen LogP contribution in [0.15, 0.2) is 48.5 Å². The van der Waals surface area contributed by atoms with Crippen molar-refractivity contribution in [3.63, 3.8) is 0 Å². The molecule has 3 rings (SSSR count). The van der Waals surface area contributed by atoms with Gasteiger partial charge in [0, 0.05) is 37.1 Å². The molecule has 5 nitrogen and oxygen atoms in total. The van der Waals surface area contributed by atoms with Crippen molar-refractivity contribution in [2.75, 3.05) is 30.4 Å². The molecule has 0 aliphatic carbocycles. The van der Waals surface area contributed by atoms with Gasteiger partial charge in [0.25, 0.3) is 0 Å². The highest BCUT2D eigenvalue weighted by molar-refractivity contribution is 5.89. The highest BCUT2D eigenvalue weighted by atomic mass is 16.5. The van der Waals surface area contributed by atoms with Crippen molar-refractivity contribution < 1.29 is 9.53 Å². The molecule has 5 heteroatoms. The van der Waals surface area contributed by atoms with E-state index in [2.05, 4.69) is 46.7 Å². The van der Waals surface area contributed by atoms with Crippen molar-refractivity contribution in [3.05, 3.63) is 54.1 Å². The molecule has 2 aromatic carbocycles. The van der Waals surface area contributed by atoms with E-state index < -0.39 is 0 Å². The molecule has 1 saturated heterocycles. The molecule has 1 fully saturated rings. The maximum absolute atomic E-state index is 12.1. The summed E-state index contributed by atoms with van der Waals surface area (Å²) in [6.45, 7) is 5.06. The van der Waals surface area contributed by atoms with Crippen LogP contribution in [-0.4, -0.2) is 26.2 Å². The fourth-order valence-electron chi connectivity index (χ4n) is 3.31. The van der Waals surface area contributed by atoms with E-state index in [4.69, 9.17) is 4.74 Å². The van der Waals surface area contributed by atoms with Gasteiger partial charge < -0.3 is 20.3 Å². The molecule has 1 aliphatic heterocycles. The third kappa shape index (κ3) is 4.91. The van der Waals surface area contributed by atoms with E-state index in [0.717, 1.165) is 24.6 Å². The standard InChI is InChI=1S/C21H27N3O2/c1-16-5-4-12-24(15-16)19-10-8-17(9-11-19)14-22-21(25)23-18-6-3-7-20(13-18)26-2/h3,6-11,13,16H,4-5,12,14-15H2,1-2H3,(H2,22,23,25). The summed E-state index contributed by atoms with van der Waals surface area (Å²) in [4.78, 5) is 14.5. The lowest BCUT2D eigenvalue weighted by atomic mass is 9.99. The molecule has 0 saturated carbocycles. The summed E-state index contributed by atoms with van der Waals surface area (Å²) >= 11 is 0. The number of piperidine rings is 1. The SMILES string of the molecule is COc1cccc(NC(=O)NCc2ccc(N3CCCC(C)C3)cc2)c1. The molecular formula is C21H27N3O2. The van der Waals surface area contributed by atoms with Crippen molar-refractivity contribution in [2.24, 2.45) is 5.92 Å². The van der Waals surface area contributed by atoms with Gasteiger partial charge in [-0.05, 0) is 48.6 Å². The Labute approximate surface area is 155 Å². The van der Waals surface area contributed by atoms with Crippen LogP contribution >= 0.6 is 0 Å². The topological polar surface area (TPSA) is 53.6 Å². The molecular weight excluding hydrogens is 326 g/mol. The summed E-state index contributed by atoms with van der Waals surface area (Å²) in [6, 6.07) is 15.5. The van der Waals surface area contributed by atoms with Crippen LogP contribution in [0.1, 0.15) is 25.3 Å². The van der Waals surface area contributed by atoms with E-state index in [0.29, 0.717) is 18.0 Å². The Kier molecular flexibility index (Phi) is 6.00. The Morgan fingerprint density at radius 1 is 1.23 bits per heavy atom. The van der Waals surface area contributed by atoms with E-state index >= 15 is 0 Å². The minimum absolute atomic E-state index is 0.229. The molecule has 0 aromatic heterocycles. The lowest BCUT2D eigenvalue weighted by molar-refractivity contribution is 0.251. The maximum Gasteiger partial charge on any atom is 0.319 e. The zero-order valence-electron chi connectivity index (χ0n) is 15.5. The van der Waals surface area contributed by atoms with Crippen molar-refractivity contribution in [2.45, 2.75) is 26.3 Å². The van der Waals surface area contributed by atoms with Gasteiger partial charge in [-0.2, -0.15) is 0 Å². The maximum atomic E-state index is 12.1. The second kappa shape index (κ2) is 8.61. The third-order valence-electron chi connectivity index (χ3n) is 4.74. The largest absolute Gasteiger partial charge is 0.497 e. The predicted molar refractivity (Wildman–Crippen MR) is 106 cm³/mol. The minimum Gasteiger partial charge on any atom is -0.497 e. The number of amides is 2. The Hall–Kier alpha value is -2.69. The Balaban J connectivity index is 1.50. The highest BCUT2D eigenvalue weighted by Gasteiger charge is 2.16. The third-order valence-corrected chi connectivity index (χ3v) is 4.74. The molecule has 0 spiro atoms. The number of carbonyl (C=O) groups excluding carboxylic acids is 1. The quantitative estimate of drug-likeness (QED) is 0.845. The van der Waals surface area contributed by atoms with Crippen molar-refractivity contribution in [1.82, 2.24) is 5.32 Å². The van der Waals surface area contributed by atoms with Crippen molar-refractivity contribution in [3.8, 4) is 5.75 Å². The van der Waals surface area contributed by atoms with Gasteiger partial charge in [-0.3, -0.25) is 0 Å². The molecule has 1 unspecified atom stereocenters. The van der Waals surface area contributed by atoms with Crippen LogP contribution in [0.4, 0.5) is 16.2 Å². The number of methoxy groups -OCH3 is 1. The van der Waals surface area contributed by atoms with Gasteiger partial charge in [0.1, 0.15) is 5.75 Å². The van der Waals surface area contributed by atoms with E-state index in [1.165, 1.54) is 18.5 Å². The minimum atomic E-state index is -0.229. The molecule has 1 heterocycles. The molecule has 1 aliphatic rings. The number of urea groups is 1. The zero-order chi connectivity index (χ0) is 18.4. The summed E-state index contributed by atoms with van der Waals surface area (Å²) in [7, 11) is 1.60. The summed E-state index contributed by atoms with van der Waals surface area (Å²) < 4.78 is 5.16. The van der Waals surface area contributed by atoms with Gasteiger partial charge in [0.15, 0.2) is 0 Å². The summed E-state index contributed by atoms with van der Waals surface area (Å²) in [6.07, 6.45) is 2.58. The number of nitrogens with zero attached hydrogens (tertiary/aromatic N) is 1. The Morgan fingerprint density at radius 3 is 2.77 bits per heavy atom. The molecule has 138 valence electrons. The van der Waals surface area contributed by atoms with Crippen molar-refractivity contribution >= 4 is 17.4 Å². The van der Waals surface area contributed by atoms with Gasteiger partial charge in [0.2, 0.25) is 0 Å². The average molecular weight is 353 g/mol. The first-order valence-electron chi connectivity index (χ1n) is 9.17. The van der Waals surface area contributed by atoms with Gasteiger partial charge in [-0.1, -0.05) is 25.1 Å². The van der Waals surface area contributed by atoms with E-state index in [9.17, 15) is 4.79 Å². The van der Waals surface area contributed by atoms with Gasteiger partial charge in [-0.15, -0.1) is 0 Å². The number of ether oxygens (including phenoxy) is 1. The summed E-state index contributed by atoms with van der Waals surface area (Å²) in [5.41, 5.74) is 3.05. The molecule has 2 amide bonds. The second-order valence-electron chi connectivity index (χ2n) is 6.90. The number of carbonyl (C=O) groups is 1. The fraction of sp³-hybridized carbons (Fsp3) is 0.381. The van der Waals surface area contributed by atoms with Crippen LogP contribution in [0.2, 0.25) is 0 Å². The number of hydrogen-bond acceptors (Lipinski definition) is 3. The predicted octanol–water partition coefficient (Wildman–Crippen LogP) is 4.25. The van der Waals surface area contributed by atoms with Crippen LogP contribution in [0, 0.1) is 5.92 Å². The molecule has 1 atom stereocenters. The number of anilines is 2. The van der Waals surface area contributed by atoms with Crippen molar-refractivity contribution in [1.29, 1.82) is 0 Å². The molecule has 26 heavy (non-hydrogen) atoms. The molecule has 2 N–H and O–H groups in total. The van der Waals surface area contributed by atoms with Gasteiger partial charge in [-0.25, -0.2) is 4.79 Å². The number of benzene rings is 2. The average Bonchev–Trinajstić information content (AvgIpc) is 2.67. The Morgan fingerprint density at radius 2 is 2.04 bits per heavy atom. The first-order chi connectivity index (χ1) is 12.6.